The van der Waals surface area contributed by atoms with Crippen LogP contribution in [0.25, 0.3) is 0 Å². The standard InChI is InChI=1S/C11H10FN3O2S/c12-9-2-1-3-10(11(9)15(16)17)13-5-4-8-6-18-7-14-8/h1-3,6-7,13H,4-5H2. The highest BCUT2D eigenvalue weighted by atomic mass is 32.1. The average Bonchev–Trinajstić information content (AvgIpc) is 2.81. The van der Waals surface area contributed by atoms with Crippen molar-refractivity contribution in [1.82, 2.24) is 4.98 Å². The minimum atomic E-state index is -0.835. The average molecular weight is 267 g/mol. The molecule has 0 saturated carbocycles. The van der Waals surface area contributed by atoms with Gasteiger partial charge in [-0.25, -0.2) is 4.98 Å². The molecule has 1 heterocycles. The summed E-state index contributed by atoms with van der Waals surface area (Å²) >= 11 is 1.49. The Hall–Kier alpha value is -2.02. The molecule has 0 aliphatic rings. The van der Waals surface area contributed by atoms with Gasteiger partial charge >= 0.3 is 5.69 Å². The Morgan fingerprint density at radius 2 is 2.33 bits per heavy atom. The van der Waals surface area contributed by atoms with Crippen LogP contribution in [0.5, 0.6) is 0 Å². The van der Waals surface area contributed by atoms with Gasteiger partial charge in [-0.3, -0.25) is 10.1 Å². The van der Waals surface area contributed by atoms with Gasteiger partial charge in [-0.05, 0) is 12.1 Å². The van der Waals surface area contributed by atoms with Crippen LogP contribution in [0.15, 0.2) is 29.1 Å². The monoisotopic (exact) mass is 267 g/mol. The molecule has 18 heavy (non-hydrogen) atoms. The Kier molecular flexibility index (Phi) is 3.83. The van der Waals surface area contributed by atoms with Crippen molar-refractivity contribution < 1.29 is 9.31 Å². The molecule has 1 aromatic carbocycles. The molecule has 2 rings (SSSR count). The summed E-state index contributed by atoms with van der Waals surface area (Å²) in [4.78, 5) is 14.1. The largest absolute Gasteiger partial charge is 0.379 e. The van der Waals surface area contributed by atoms with E-state index in [1.165, 1.54) is 23.5 Å². The van der Waals surface area contributed by atoms with Crippen molar-refractivity contribution in [3.63, 3.8) is 0 Å². The molecule has 94 valence electrons. The van der Waals surface area contributed by atoms with E-state index >= 15 is 0 Å². The lowest BCUT2D eigenvalue weighted by Gasteiger charge is -2.06. The summed E-state index contributed by atoms with van der Waals surface area (Å²) < 4.78 is 13.3. The van der Waals surface area contributed by atoms with Gasteiger partial charge in [0.25, 0.3) is 0 Å². The third kappa shape index (κ3) is 2.80. The summed E-state index contributed by atoms with van der Waals surface area (Å²) in [7, 11) is 0. The first kappa shape index (κ1) is 12.4. The maximum absolute atomic E-state index is 13.3. The number of hydrogen-bond acceptors (Lipinski definition) is 5. The molecular formula is C11H10FN3O2S. The van der Waals surface area contributed by atoms with Crippen molar-refractivity contribution in [3.05, 3.63) is 50.7 Å². The fourth-order valence-electron chi connectivity index (χ4n) is 1.53. The first-order chi connectivity index (χ1) is 8.68. The van der Waals surface area contributed by atoms with Crippen LogP contribution in [-0.2, 0) is 6.42 Å². The SMILES string of the molecule is O=[N+]([O-])c1c(F)cccc1NCCc1cscn1. The molecule has 0 fully saturated rings. The second-order valence-electron chi connectivity index (χ2n) is 3.55. The van der Waals surface area contributed by atoms with Crippen LogP contribution in [-0.4, -0.2) is 16.5 Å². The predicted molar refractivity (Wildman–Crippen MR) is 67.4 cm³/mol. The number of nitro benzene ring substituents is 1. The molecule has 0 aliphatic carbocycles. The molecular weight excluding hydrogens is 257 g/mol. The maximum atomic E-state index is 13.3. The van der Waals surface area contributed by atoms with Crippen LogP contribution in [0.1, 0.15) is 5.69 Å². The van der Waals surface area contributed by atoms with Crippen molar-refractivity contribution in [1.29, 1.82) is 0 Å². The number of thiazole rings is 1. The topological polar surface area (TPSA) is 68.1 Å². The number of halogens is 1. The lowest BCUT2D eigenvalue weighted by Crippen LogP contribution is -2.07. The minimum Gasteiger partial charge on any atom is -0.379 e. The highest BCUT2D eigenvalue weighted by Gasteiger charge is 2.19. The third-order valence-corrected chi connectivity index (χ3v) is 2.98. The molecule has 2 aromatic rings. The van der Waals surface area contributed by atoms with E-state index in [1.54, 1.807) is 5.51 Å². The van der Waals surface area contributed by atoms with Crippen LogP contribution >= 0.6 is 11.3 Å². The van der Waals surface area contributed by atoms with Gasteiger partial charge in [-0.1, -0.05) is 6.07 Å². The summed E-state index contributed by atoms with van der Waals surface area (Å²) in [6.45, 7) is 0.466. The van der Waals surface area contributed by atoms with Crippen LogP contribution < -0.4 is 5.32 Å². The summed E-state index contributed by atoms with van der Waals surface area (Å²) in [5.74, 6) is -0.835. The predicted octanol–water partition coefficient (Wildman–Crippen LogP) is 2.85. The molecule has 0 amide bonds. The lowest BCUT2D eigenvalue weighted by atomic mass is 10.2. The number of rotatable bonds is 5. The molecule has 0 spiro atoms. The number of nitro groups is 1. The number of aromatic nitrogens is 1. The third-order valence-electron chi connectivity index (χ3n) is 2.35. The molecule has 0 atom stereocenters. The molecule has 0 unspecified atom stereocenters. The quantitative estimate of drug-likeness (QED) is 0.668. The second-order valence-corrected chi connectivity index (χ2v) is 4.27. The van der Waals surface area contributed by atoms with Gasteiger partial charge in [0.05, 0.1) is 16.1 Å². The van der Waals surface area contributed by atoms with E-state index in [4.69, 9.17) is 0 Å². The fraction of sp³-hybridized carbons (Fsp3) is 0.182. The van der Waals surface area contributed by atoms with E-state index in [-0.39, 0.29) is 5.69 Å². The van der Waals surface area contributed by atoms with Crippen LogP contribution in [0.4, 0.5) is 15.8 Å². The molecule has 0 aliphatic heterocycles. The molecule has 0 radical (unpaired) electrons. The molecule has 1 N–H and O–H groups in total. The van der Waals surface area contributed by atoms with Gasteiger partial charge < -0.3 is 5.32 Å². The number of hydrogen-bond donors (Lipinski definition) is 1. The smallest absolute Gasteiger partial charge is 0.327 e. The van der Waals surface area contributed by atoms with E-state index in [1.807, 2.05) is 5.38 Å². The van der Waals surface area contributed by atoms with Crippen molar-refractivity contribution in [2.45, 2.75) is 6.42 Å². The Bertz CT molecular complexity index is 545. The zero-order valence-corrected chi connectivity index (χ0v) is 10.1. The maximum Gasteiger partial charge on any atom is 0.327 e. The zero-order chi connectivity index (χ0) is 13.0. The first-order valence-electron chi connectivity index (χ1n) is 5.22. The van der Waals surface area contributed by atoms with E-state index in [9.17, 15) is 14.5 Å². The number of para-hydroxylation sites is 1. The van der Waals surface area contributed by atoms with E-state index in [0.29, 0.717) is 13.0 Å². The summed E-state index contributed by atoms with van der Waals surface area (Å²) in [5, 5.41) is 15.5. The Labute approximate surface area is 106 Å². The normalized spacial score (nSPS) is 10.3. The summed E-state index contributed by atoms with van der Waals surface area (Å²) in [5.41, 5.74) is 2.30. The zero-order valence-electron chi connectivity index (χ0n) is 9.30. The molecule has 7 heteroatoms. The second kappa shape index (κ2) is 5.54. The Balaban J connectivity index is 2.05. The fourth-order valence-corrected chi connectivity index (χ4v) is 2.12. The van der Waals surface area contributed by atoms with Crippen molar-refractivity contribution in [3.8, 4) is 0 Å². The van der Waals surface area contributed by atoms with Crippen LogP contribution in [0.3, 0.4) is 0 Å². The van der Waals surface area contributed by atoms with Crippen molar-refractivity contribution in [2.24, 2.45) is 0 Å². The van der Waals surface area contributed by atoms with Crippen LogP contribution in [0, 0.1) is 15.9 Å². The molecule has 1 aromatic heterocycles. The first-order valence-corrected chi connectivity index (χ1v) is 6.16. The van der Waals surface area contributed by atoms with Gasteiger partial charge in [-0.15, -0.1) is 11.3 Å². The van der Waals surface area contributed by atoms with Gasteiger partial charge in [0.15, 0.2) is 0 Å². The molecule has 0 bridgehead atoms. The lowest BCUT2D eigenvalue weighted by molar-refractivity contribution is -0.386. The number of anilines is 1. The summed E-state index contributed by atoms with van der Waals surface area (Å²) in [6.07, 6.45) is 0.636. The van der Waals surface area contributed by atoms with Gasteiger partial charge in [0.1, 0.15) is 5.69 Å². The number of nitrogens with one attached hydrogen (secondary N) is 1. The number of nitrogens with zero attached hydrogens (tertiary/aromatic N) is 2. The van der Waals surface area contributed by atoms with Gasteiger partial charge in [0.2, 0.25) is 5.82 Å². The Morgan fingerprint density at radius 3 is 3.00 bits per heavy atom. The summed E-state index contributed by atoms with van der Waals surface area (Å²) in [6, 6.07) is 4.00. The van der Waals surface area contributed by atoms with E-state index < -0.39 is 16.4 Å². The Morgan fingerprint density at radius 1 is 1.50 bits per heavy atom. The molecule has 5 nitrogen and oxygen atoms in total. The van der Waals surface area contributed by atoms with E-state index in [0.717, 1.165) is 11.8 Å². The minimum absolute atomic E-state index is 0.190. The van der Waals surface area contributed by atoms with Gasteiger partial charge in [0, 0.05) is 18.3 Å². The highest BCUT2D eigenvalue weighted by molar-refractivity contribution is 7.07. The number of benzene rings is 1. The van der Waals surface area contributed by atoms with Crippen molar-refractivity contribution in [2.75, 3.05) is 11.9 Å². The molecule has 0 saturated heterocycles. The van der Waals surface area contributed by atoms with E-state index in [2.05, 4.69) is 10.3 Å². The highest BCUT2D eigenvalue weighted by Crippen LogP contribution is 2.26. The van der Waals surface area contributed by atoms with Crippen molar-refractivity contribution >= 4 is 22.7 Å². The van der Waals surface area contributed by atoms with Gasteiger partial charge in [-0.2, -0.15) is 4.39 Å². The van der Waals surface area contributed by atoms with Crippen LogP contribution in [0.2, 0.25) is 0 Å².